The van der Waals surface area contributed by atoms with Gasteiger partial charge in [0.15, 0.2) is 9.84 Å². The number of amides is 2. The molecule has 29 heavy (non-hydrogen) atoms. The summed E-state index contributed by atoms with van der Waals surface area (Å²) in [5.41, 5.74) is 1.51. The molecule has 1 aliphatic rings. The molecule has 1 heterocycles. The topological polar surface area (TPSA) is 83.5 Å². The Kier molecular flexibility index (Phi) is 7.04. The Balaban J connectivity index is 1.47. The Bertz CT molecular complexity index is 935. The van der Waals surface area contributed by atoms with Crippen molar-refractivity contribution >= 4 is 21.7 Å². The Morgan fingerprint density at radius 3 is 2.21 bits per heavy atom. The van der Waals surface area contributed by atoms with E-state index in [0.717, 1.165) is 31.5 Å². The SMILES string of the molecule is O=C(CCS(=O)(=O)c1ccccc1)NCc1ccc(C(=O)N2CCCCC2)cc1. The van der Waals surface area contributed by atoms with Gasteiger partial charge in [-0.3, -0.25) is 9.59 Å². The summed E-state index contributed by atoms with van der Waals surface area (Å²) in [6.45, 7) is 1.91. The number of hydrogen-bond acceptors (Lipinski definition) is 4. The Labute approximate surface area is 171 Å². The number of hydrogen-bond donors (Lipinski definition) is 1. The lowest BCUT2D eigenvalue weighted by atomic mass is 10.1. The molecule has 0 aromatic heterocycles. The Morgan fingerprint density at radius 2 is 1.55 bits per heavy atom. The molecule has 1 aliphatic heterocycles. The van der Waals surface area contributed by atoms with E-state index in [1.54, 1.807) is 30.3 Å². The number of benzene rings is 2. The van der Waals surface area contributed by atoms with Gasteiger partial charge < -0.3 is 10.2 Å². The van der Waals surface area contributed by atoms with Crippen molar-refractivity contribution in [3.63, 3.8) is 0 Å². The van der Waals surface area contributed by atoms with Gasteiger partial charge in [0.1, 0.15) is 0 Å². The molecule has 2 aromatic carbocycles. The zero-order chi connectivity index (χ0) is 20.7. The molecule has 6 nitrogen and oxygen atoms in total. The first kappa shape index (κ1) is 21.0. The van der Waals surface area contributed by atoms with E-state index >= 15 is 0 Å². The zero-order valence-electron chi connectivity index (χ0n) is 16.3. The summed E-state index contributed by atoms with van der Waals surface area (Å²) in [4.78, 5) is 26.6. The fourth-order valence-electron chi connectivity index (χ4n) is 3.31. The van der Waals surface area contributed by atoms with Crippen molar-refractivity contribution < 1.29 is 18.0 Å². The highest BCUT2D eigenvalue weighted by Gasteiger charge is 2.18. The normalized spacial score (nSPS) is 14.4. The Hall–Kier alpha value is -2.67. The zero-order valence-corrected chi connectivity index (χ0v) is 17.2. The van der Waals surface area contributed by atoms with E-state index in [0.29, 0.717) is 12.1 Å². The van der Waals surface area contributed by atoms with Crippen LogP contribution in [0.4, 0.5) is 0 Å². The number of rotatable bonds is 7. The van der Waals surface area contributed by atoms with Crippen molar-refractivity contribution in [1.29, 1.82) is 0 Å². The smallest absolute Gasteiger partial charge is 0.253 e. The lowest BCUT2D eigenvalue weighted by molar-refractivity contribution is -0.120. The van der Waals surface area contributed by atoms with Gasteiger partial charge >= 0.3 is 0 Å². The van der Waals surface area contributed by atoms with Gasteiger partial charge in [0.2, 0.25) is 5.91 Å². The van der Waals surface area contributed by atoms with Crippen LogP contribution >= 0.6 is 0 Å². The molecule has 0 saturated carbocycles. The van der Waals surface area contributed by atoms with Crippen LogP contribution in [0.25, 0.3) is 0 Å². The quantitative estimate of drug-likeness (QED) is 0.755. The molecule has 2 amide bonds. The molecule has 1 fully saturated rings. The summed E-state index contributed by atoms with van der Waals surface area (Å²) in [6.07, 6.45) is 3.18. The monoisotopic (exact) mass is 414 g/mol. The minimum absolute atomic E-state index is 0.0476. The first-order valence-corrected chi connectivity index (χ1v) is 11.5. The molecule has 0 bridgehead atoms. The predicted molar refractivity (Wildman–Crippen MR) is 111 cm³/mol. The average Bonchev–Trinajstić information content (AvgIpc) is 2.77. The van der Waals surface area contributed by atoms with Crippen LogP contribution in [0.1, 0.15) is 41.6 Å². The van der Waals surface area contributed by atoms with Crippen molar-refractivity contribution in [3.05, 3.63) is 65.7 Å². The van der Waals surface area contributed by atoms with E-state index in [4.69, 9.17) is 0 Å². The minimum atomic E-state index is -3.47. The van der Waals surface area contributed by atoms with Gasteiger partial charge in [-0.1, -0.05) is 30.3 Å². The largest absolute Gasteiger partial charge is 0.352 e. The summed E-state index contributed by atoms with van der Waals surface area (Å²) in [5.74, 6) is -0.504. The van der Waals surface area contributed by atoms with E-state index in [2.05, 4.69) is 5.32 Å². The molecule has 154 valence electrons. The molecule has 1 N–H and O–H groups in total. The number of carbonyl (C=O) groups excluding carboxylic acids is 2. The third kappa shape index (κ3) is 5.90. The number of nitrogens with one attached hydrogen (secondary N) is 1. The Morgan fingerprint density at radius 1 is 0.897 bits per heavy atom. The molecule has 0 spiro atoms. The lowest BCUT2D eigenvalue weighted by Crippen LogP contribution is -2.35. The summed E-state index contributed by atoms with van der Waals surface area (Å²) >= 11 is 0. The standard InChI is InChI=1S/C22H26N2O4S/c25-21(13-16-29(27,28)20-7-3-1-4-8-20)23-17-18-9-11-19(12-10-18)22(26)24-14-5-2-6-15-24/h1,3-4,7-12H,2,5-6,13-17H2,(H,23,25). The lowest BCUT2D eigenvalue weighted by Gasteiger charge is -2.26. The number of likely N-dealkylation sites (tertiary alicyclic amines) is 1. The highest BCUT2D eigenvalue weighted by molar-refractivity contribution is 7.91. The van der Waals surface area contributed by atoms with Crippen molar-refractivity contribution in [2.45, 2.75) is 37.1 Å². The van der Waals surface area contributed by atoms with Gasteiger partial charge in [0.25, 0.3) is 5.91 Å². The number of carbonyl (C=O) groups is 2. The summed E-state index contributed by atoms with van der Waals surface area (Å²) in [7, 11) is -3.47. The van der Waals surface area contributed by atoms with Gasteiger partial charge in [-0.05, 0) is 49.1 Å². The molecular weight excluding hydrogens is 388 g/mol. The van der Waals surface area contributed by atoms with Gasteiger partial charge in [0.05, 0.1) is 10.6 Å². The molecular formula is C22H26N2O4S. The van der Waals surface area contributed by atoms with Crippen molar-refractivity contribution in [2.24, 2.45) is 0 Å². The molecule has 0 atom stereocenters. The summed E-state index contributed by atoms with van der Waals surface area (Å²) in [6, 6.07) is 15.3. The molecule has 0 radical (unpaired) electrons. The van der Waals surface area contributed by atoms with Crippen molar-refractivity contribution in [1.82, 2.24) is 10.2 Å². The molecule has 3 rings (SSSR count). The van der Waals surface area contributed by atoms with Gasteiger partial charge in [-0.2, -0.15) is 0 Å². The van der Waals surface area contributed by atoms with E-state index in [9.17, 15) is 18.0 Å². The summed E-state index contributed by atoms with van der Waals surface area (Å²) < 4.78 is 24.5. The van der Waals surface area contributed by atoms with Gasteiger partial charge in [-0.25, -0.2) is 8.42 Å². The molecule has 0 unspecified atom stereocenters. The summed E-state index contributed by atoms with van der Waals surface area (Å²) in [5, 5.41) is 2.74. The third-order valence-corrected chi connectivity index (χ3v) is 6.77. The minimum Gasteiger partial charge on any atom is -0.352 e. The maximum Gasteiger partial charge on any atom is 0.253 e. The first-order chi connectivity index (χ1) is 14.0. The van der Waals surface area contributed by atoms with Crippen LogP contribution in [0, 0.1) is 0 Å². The van der Waals surface area contributed by atoms with Crippen LogP contribution < -0.4 is 5.32 Å². The van der Waals surface area contributed by atoms with Crippen molar-refractivity contribution in [3.8, 4) is 0 Å². The second-order valence-corrected chi connectivity index (χ2v) is 9.32. The fraction of sp³-hybridized carbons (Fsp3) is 0.364. The highest BCUT2D eigenvalue weighted by atomic mass is 32.2. The first-order valence-electron chi connectivity index (χ1n) is 9.88. The molecule has 0 aliphatic carbocycles. The second kappa shape index (κ2) is 9.69. The molecule has 7 heteroatoms. The van der Waals surface area contributed by atoms with Crippen LogP contribution in [-0.4, -0.2) is 44.0 Å². The fourth-order valence-corrected chi connectivity index (χ4v) is 4.57. The van der Waals surface area contributed by atoms with Crippen LogP contribution in [0.3, 0.4) is 0 Å². The van der Waals surface area contributed by atoms with Crippen LogP contribution in [0.5, 0.6) is 0 Å². The van der Waals surface area contributed by atoms with Crippen LogP contribution in [0.15, 0.2) is 59.5 Å². The number of nitrogens with zero attached hydrogens (tertiary/aromatic N) is 1. The predicted octanol–water partition coefficient (Wildman–Crippen LogP) is 2.79. The second-order valence-electron chi connectivity index (χ2n) is 7.21. The molecule has 1 saturated heterocycles. The van der Waals surface area contributed by atoms with E-state index in [-0.39, 0.29) is 28.9 Å². The van der Waals surface area contributed by atoms with E-state index in [1.807, 2.05) is 17.0 Å². The van der Waals surface area contributed by atoms with Crippen molar-refractivity contribution in [2.75, 3.05) is 18.8 Å². The van der Waals surface area contributed by atoms with E-state index in [1.165, 1.54) is 18.6 Å². The van der Waals surface area contributed by atoms with Gasteiger partial charge in [-0.15, -0.1) is 0 Å². The van der Waals surface area contributed by atoms with Gasteiger partial charge in [0, 0.05) is 31.6 Å². The maximum absolute atomic E-state index is 12.5. The van der Waals surface area contributed by atoms with Crippen LogP contribution in [-0.2, 0) is 21.2 Å². The maximum atomic E-state index is 12.5. The van der Waals surface area contributed by atoms with E-state index < -0.39 is 9.84 Å². The van der Waals surface area contributed by atoms with Crippen LogP contribution in [0.2, 0.25) is 0 Å². The highest BCUT2D eigenvalue weighted by Crippen LogP contribution is 2.14. The number of piperidine rings is 1. The average molecular weight is 415 g/mol. The molecule has 2 aromatic rings. The third-order valence-electron chi connectivity index (χ3n) is 5.03. The number of sulfone groups is 1.